The molecule has 0 radical (unpaired) electrons. The molecule has 1 aliphatic heterocycles. The third-order valence-electron chi connectivity index (χ3n) is 3.69. The molecule has 0 spiro atoms. The Kier molecular flexibility index (Phi) is 5.30. The van der Waals surface area contributed by atoms with Crippen LogP contribution in [0.25, 0.3) is 5.69 Å². The van der Waals surface area contributed by atoms with E-state index < -0.39 is 0 Å². The van der Waals surface area contributed by atoms with Crippen LogP contribution < -0.4 is 5.32 Å². The SMILES string of the molecule is Cc1nnc(SCC(=O)NC[C@H]2CCCO2)n1-c1ccccc1. The summed E-state index contributed by atoms with van der Waals surface area (Å²) >= 11 is 1.39. The fourth-order valence-electron chi connectivity index (χ4n) is 2.52. The third kappa shape index (κ3) is 4.11. The number of rotatable bonds is 6. The highest BCUT2D eigenvalue weighted by atomic mass is 32.2. The van der Waals surface area contributed by atoms with E-state index in [9.17, 15) is 4.79 Å². The van der Waals surface area contributed by atoms with Gasteiger partial charge >= 0.3 is 0 Å². The molecule has 1 fully saturated rings. The molecule has 0 saturated carbocycles. The van der Waals surface area contributed by atoms with Gasteiger partial charge in [0.2, 0.25) is 5.91 Å². The van der Waals surface area contributed by atoms with Gasteiger partial charge in [-0.1, -0.05) is 30.0 Å². The lowest BCUT2D eigenvalue weighted by Crippen LogP contribution is -2.32. The van der Waals surface area contributed by atoms with Crippen molar-refractivity contribution >= 4 is 17.7 Å². The lowest BCUT2D eigenvalue weighted by atomic mass is 10.2. The average Bonchev–Trinajstić information content (AvgIpc) is 3.21. The number of para-hydroxylation sites is 1. The molecule has 2 aromatic rings. The molecular weight excluding hydrogens is 312 g/mol. The van der Waals surface area contributed by atoms with Crippen molar-refractivity contribution in [1.29, 1.82) is 0 Å². The molecule has 1 N–H and O–H groups in total. The summed E-state index contributed by atoms with van der Waals surface area (Å²) in [6.45, 7) is 3.29. The lowest BCUT2D eigenvalue weighted by Gasteiger charge is -2.11. The van der Waals surface area contributed by atoms with E-state index in [0.717, 1.165) is 36.1 Å². The zero-order valence-corrected chi connectivity index (χ0v) is 13.9. The summed E-state index contributed by atoms with van der Waals surface area (Å²) in [5.41, 5.74) is 0.997. The molecule has 7 heteroatoms. The Morgan fingerprint density at radius 2 is 2.22 bits per heavy atom. The molecule has 1 amide bonds. The highest BCUT2D eigenvalue weighted by molar-refractivity contribution is 7.99. The van der Waals surface area contributed by atoms with Crippen LogP contribution in [0.2, 0.25) is 0 Å². The van der Waals surface area contributed by atoms with Gasteiger partial charge in [0.25, 0.3) is 0 Å². The highest BCUT2D eigenvalue weighted by Gasteiger charge is 2.17. The zero-order chi connectivity index (χ0) is 16.1. The molecule has 1 atom stereocenters. The van der Waals surface area contributed by atoms with Crippen LogP contribution in [0, 0.1) is 6.92 Å². The van der Waals surface area contributed by atoms with E-state index in [-0.39, 0.29) is 12.0 Å². The van der Waals surface area contributed by atoms with Crippen LogP contribution in [0.4, 0.5) is 0 Å². The fourth-order valence-corrected chi connectivity index (χ4v) is 3.35. The largest absolute Gasteiger partial charge is 0.376 e. The Labute approximate surface area is 139 Å². The number of thioether (sulfide) groups is 1. The zero-order valence-electron chi connectivity index (χ0n) is 13.1. The van der Waals surface area contributed by atoms with E-state index in [4.69, 9.17) is 4.74 Å². The summed E-state index contributed by atoms with van der Waals surface area (Å²) in [7, 11) is 0. The first-order chi connectivity index (χ1) is 11.2. The van der Waals surface area contributed by atoms with Crippen molar-refractivity contribution < 1.29 is 9.53 Å². The van der Waals surface area contributed by atoms with Crippen LogP contribution in [0.1, 0.15) is 18.7 Å². The van der Waals surface area contributed by atoms with Gasteiger partial charge in [0, 0.05) is 18.8 Å². The Morgan fingerprint density at radius 3 is 2.96 bits per heavy atom. The topological polar surface area (TPSA) is 69.0 Å². The molecule has 6 nitrogen and oxygen atoms in total. The number of carbonyl (C=O) groups is 1. The van der Waals surface area contributed by atoms with Crippen molar-refractivity contribution in [2.75, 3.05) is 18.9 Å². The van der Waals surface area contributed by atoms with Crippen LogP contribution in [0.3, 0.4) is 0 Å². The number of nitrogens with one attached hydrogen (secondary N) is 1. The molecule has 1 aliphatic rings. The minimum absolute atomic E-state index is 0.00855. The second-order valence-corrected chi connectivity index (χ2v) is 6.37. The van der Waals surface area contributed by atoms with Crippen LogP contribution in [0.5, 0.6) is 0 Å². The standard InChI is InChI=1S/C16H20N4O2S/c1-12-18-19-16(20(12)13-6-3-2-4-7-13)23-11-15(21)17-10-14-8-5-9-22-14/h2-4,6-7,14H,5,8-11H2,1H3,(H,17,21)/t14-/m1/s1. The number of ether oxygens (including phenoxy) is 1. The maximum Gasteiger partial charge on any atom is 0.230 e. The molecule has 0 bridgehead atoms. The average molecular weight is 332 g/mol. The smallest absolute Gasteiger partial charge is 0.230 e. The summed E-state index contributed by atoms with van der Waals surface area (Å²) in [5.74, 6) is 1.11. The minimum atomic E-state index is -0.00855. The maximum atomic E-state index is 12.0. The number of hydrogen-bond acceptors (Lipinski definition) is 5. The second kappa shape index (κ2) is 7.61. The summed E-state index contributed by atoms with van der Waals surface area (Å²) < 4.78 is 7.45. The first-order valence-electron chi connectivity index (χ1n) is 7.72. The van der Waals surface area contributed by atoms with Crippen LogP contribution in [-0.2, 0) is 9.53 Å². The molecule has 0 unspecified atom stereocenters. The minimum Gasteiger partial charge on any atom is -0.376 e. The lowest BCUT2D eigenvalue weighted by molar-refractivity contribution is -0.119. The van der Waals surface area contributed by atoms with E-state index in [1.165, 1.54) is 11.8 Å². The van der Waals surface area contributed by atoms with Crippen molar-refractivity contribution in [3.05, 3.63) is 36.2 Å². The first-order valence-corrected chi connectivity index (χ1v) is 8.71. The Hall–Kier alpha value is -1.86. The van der Waals surface area contributed by atoms with Crippen molar-refractivity contribution in [3.8, 4) is 5.69 Å². The van der Waals surface area contributed by atoms with E-state index in [0.29, 0.717) is 12.3 Å². The van der Waals surface area contributed by atoms with E-state index in [2.05, 4.69) is 15.5 Å². The molecule has 0 aliphatic carbocycles. The first kappa shape index (κ1) is 16.0. The summed E-state index contributed by atoms with van der Waals surface area (Å²) in [4.78, 5) is 12.0. The summed E-state index contributed by atoms with van der Waals surface area (Å²) in [6.07, 6.45) is 2.27. The summed E-state index contributed by atoms with van der Waals surface area (Å²) in [6, 6.07) is 9.90. The molecule has 2 heterocycles. The predicted molar refractivity (Wildman–Crippen MR) is 88.8 cm³/mol. The molecule has 1 aromatic carbocycles. The van der Waals surface area contributed by atoms with Gasteiger partial charge in [0.05, 0.1) is 11.9 Å². The number of amides is 1. The molecule has 122 valence electrons. The van der Waals surface area contributed by atoms with Gasteiger partial charge in [0.15, 0.2) is 5.16 Å². The number of hydrogen-bond donors (Lipinski definition) is 1. The number of carbonyl (C=O) groups excluding carboxylic acids is 1. The predicted octanol–water partition coefficient (Wildman–Crippen LogP) is 1.96. The summed E-state index contributed by atoms with van der Waals surface area (Å²) in [5, 5.41) is 11.9. The Balaban J connectivity index is 1.57. The van der Waals surface area contributed by atoms with Gasteiger partial charge in [0.1, 0.15) is 5.82 Å². The third-order valence-corrected chi connectivity index (χ3v) is 4.62. The van der Waals surface area contributed by atoms with Gasteiger partial charge < -0.3 is 10.1 Å². The quantitative estimate of drug-likeness (QED) is 0.819. The molecule has 1 aromatic heterocycles. The van der Waals surface area contributed by atoms with Crippen molar-refractivity contribution in [1.82, 2.24) is 20.1 Å². The number of aromatic nitrogens is 3. The molecule has 1 saturated heterocycles. The van der Waals surface area contributed by atoms with Gasteiger partial charge in [-0.2, -0.15) is 0 Å². The molecule has 23 heavy (non-hydrogen) atoms. The molecular formula is C16H20N4O2S. The van der Waals surface area contributed by atoms with Crippen LogP contribution >= 0.6 is 11.8 Å². The van der Waals surface area contributed by atoms with Crippen molar-refractivity contribution in [2.45, 2.75) is 31.0 Å². The van der Waals surface area contributed by atoms with Crippen LogP contribution in [-0.4, -0.2) is 45.7 Å². The van der Waals surface area contributed by atoms with E-state index in [1.54, 1.807) is 0 Å². The van der Waals surface area contributed by atoms with Crippen molar-refractivity contribution in [3.63, 3.8) is 0 Å². The Bertz CT molecular complexity index is 653. The van der Waals surface area contributed by atoms with Gasteiger partial charge in [-0.05, 0) is 31.9 Å². The van der Waals surface area contributed by atoms with Crippen molar-refractivity contribution in [2.24, 2.45) is 0 Å². The number of aryl methyl sites for hydroxylation is 1. The number of nitrogens with zero attached hydrogens (tertiary/aromatic N) is 3. The monoisotopic (exact) mass is 332 g/mol. The fraction of sp³-hybridized carbons (Fsp3) is 0.438. The maximum absolute atomic E-state index is 12.0. The Morgan fingerprint density at radius 1 is 1.39 bits per heavy atom. The van der Waals surface area contributed by atoms with Crippen LogP contribution in [0.15, 0.2) is 35.5 Å². The van der Waals surface area contributed by atoms with E-state index in [1.807, 2.05) is 41.8 Å². The van der Waals surface area contributed by atoms with Gasteiger partial charge in [-0.3, -0.25) is 9.36 Å². The van der Waals surface area contributed by atoms with E-state index >= 15 is 0 Å². The number of benzene rings is 1. The highest BCUT2D eigenvalue weighted by Crippen LogP contribution is 2.21. The van der Waals surface area contributed by atoms with Gasteiger partial charge in [-0.15, -0.1) is 10.2 Å². The molecule has 3 rings (SSSR count). The van der Waals surface area contributed by atoms with Gasteiger partial charge in [-0.25, -0.2) is 0 Å². The second-order valence-electron chi connectivity index (χ2n) is 5.43. The normalized spacial score (nSPS) is 17.3.